The van der Waals surface area contributed by atoms with Gasteiger partial charge in [0.15, 0.2) is 12.4 Å². The average Bonchev–Trinajstić information content (AvgIpc) is 2.85. The van der Waals surface area contributed by atoms with Gasteiger partial charge in [-0.15, -0.1) is 0 Å². The van der Waals surface area contributed by atoms with Gasteiger partial charge in [0.1, 0.15) is 6.54 Å². The second-order valence-electron chi connectivity index (χ2n) is 9.53. The second-order valence-corrected chi connectivity index (χ2v) is 10.9. The van der Waals surface area contributed by atoms with Crippen LogP contribution >= 0.6 is 7.82 Å². The molecule has 0 spiro atoms. The van der Waals surface area contributed by atoms with E-state index in [0.29, 0.717) is 0 Å². The first kappa shape index (κ1) is 34.3. The first-order chi connectivity index (χ1) is 17.1. The van der Waals surface area contributed by atoms with Crippen molar-refractivity contribution in [2.75, 3.05) is 13.2 Å². The van der Waals surface area contributed by atoms with Crippen LogP contribution in [-0.2, 0) is 20.2 Å². The van der Waals surface area contributed by atoms with Gasteiger partial charge in [-0.1, -0.05) is 117 Å². The Kier molecular flexibility index (Phi) is 25.8. The van der Waals surface area contributed by atoms with E-state index in [-0.39, 0.29) is 13.2 Å². The number of phosphoric acid groups is 1. The fourth-order valence-electron chi connectivity index (χ4n) is 3.75. The Morgan fingerprint density at radius 1 is 0.571 bits per heavy atom. The Hall–Kier alpha value is -0.740. The fourth-order valence-corrected chi connectivity index (χ4v) is 4.53. The summed E-state index contributed by atoms with van der Waals surface area (Å²) in [5, 5.41) is 0. The van der Waals surface area contributed by atoms with Gasteiger partial charge >= 0.3 is 0 Å². The smallest absolute Gasteiger partial charge is 0.267 e. The lowest BCUT2D eigenvalue weighted by Gasteiger charge is -2.22. The molecule has 0 saturated carbocycles. The molecular formula is C29H56NO4P. The second kappa shape index (κ2) is 26.3. The molecule has 0 N–H and O–H groups in total. The van der Waals surface area contributed by atoms with Gasteiger partial charge in [-0.2, -0.15) is 0 Å². The molecule has 0 aliphatic heterocycles. The molecule has 1 rings (SSSR count). The topological polar surface area (TPSA) is 62.5 Å². The van der Waals surface area contributed by atoms with Crippen LogP contribution < -0.4 is 9.46 Å². The third-order valence-corrected chi connectivity index (χ3v) is 7.04. The van der Waals surface area contributed by atoms with Crippen LogP contribution in [0.25, 0.3) is 0 Å². The van der Waals surface area contributed by atoms with Crippen LogP contribution in [0.3, 0.4) is 0 Å². The van der Waals surface area contributed by atoms with Gasteiger partial charge in [0.2, 0.25) is 0 Å². The maximum atomic E-state index is 11.0. The lowest BCUT2D eigenvalue weighted by molar-refractivity contribution is -0.697. The molecule has 5 nitrogen and oxygen atoms in total. The van der Waals surface area contributed by atoms with Crippen LogP contribution in [-0.4, -0.2) is 13.2 Å². The van der Waals surface area contributed by atoms with E-state index >= 15 is 0 Å². The third-order valence-electron chi connectivity index (χ3n) is 6.04. The zero-order chi connectivity index (χ0) is 25.9. The number of unbranched alkanes of at least 4 members (excludes halogenated alkanes) is 15. The van der Waals surface area contributed by atoms with E-state index in [2.05, 4.69) is 51.1 Å². The standard InChI is InChI=1S/C21H38N.C8H19O4P/c1-2-3-4-5-6-7-8-9-10-11-12-13-14-16-19-22-20-17-15-18-21-22;1-3-5-7-11-13(9,10)12-8-6-4-2/h15,17-18,20-21H,2-14,16,19H2,1H3;3-8H2,1-2H3,(H,9,10)/q+1;/p-1. The van der Waals surface area contributed by atoms with Crippen LogP contribution in [0, 0.1) is 0 Å². The van der Waals surface area contributed by atoms with Crippen molar-refractivity contribution >= 4 is 7.82 Å². The highest BCUT2D eigenvalue weighted by Crippen LogP contribution is 2.38. The highest BCUT2D eigenvalue weighted by molar-refractivity contribution is 7.45. The monoisotopic (exact) mass is 513 g/mol. The van der Waals surface area contributed by atoms with Gasteiger partial charge in [0.05, 0.1) is 13.2 Å². The molecule has 206 valence electrons. The summed E-state index contributed by atoms with van der Waals surface area (Å²) in [4.78, 5) is 11.0. The van der Waals surface area contributed by atoms with Crippen molar-refractivity contribution in [2.24, 2.45) is 0 Å². The molecule has 0 saturated heterocycles. The van der Waals surface area contributed by atoms with Crippen molar-refractivity contribution in [2.45, 2.75) is 143 Å². The summed E-state index contributed by atoms with van der Waals surface area (Å²) in [5.74, 6) is 0. The van der Waals surface area contributed by atoms with Crippen molar-refractivity contribution in [1.82, 2.24) is 0 Å². The van der Waals surface area contributed by atoms with Crippen LogP contribution in [0.4, 0.5) is 0 Å². The maximum absolute atomic E-state index is 11.0. The van der Waals surface area contributed by atoms with Crippen molar-refractivity contribution in [3.63, 3.8) is 0 Å². The summed E-state index contributed by atoms with van der Waals surface area (Å²) >= 11 is 0. The Labute approximate surface area is 217 Å². The summed E-state index contributed by atoms with van der Waals surface area (Å²) in [5.41, 5.74) is 0. The predicted octanol–water partition coefficient (Wildman–Crippen LogP) is 8.54. The third kappa shape index (κ3) is 26.1. The zero-order valence-corrected chi connectivity index (χ0v) is 24.2. The Morgan fingerprint density at radius 3 is 1.34 bits per heavy atom. The van der Waals surface area contributed by atoms with Crippen molar-refractivity contribution in [3.05, 3.63) is 30.6 Å². The molecule has 6 heteroatoms. The molecule has 0 radical (unpaired) electrons. The average molecular weight is 514 g/mol. The Morgan fingerprint density at radius 2 is 0.943 bits per heavy atom. The van der Waals surface area contributed by atoms with Crippen molar-refractivity contribution in [3.8, 4) is 0 Å². The van der Waals surface area contributed by atoms with E-state index in [1.807, 2.05) is 13.8 Å². The van der Waals surface area contributed by atoms with Gasteiger partial charge in [0.25, 0.3) is 7.82 Å². The molecule has 0 amide bonds. The fraction of sp³-hybridized carbons (Fsp3) is 0.828. The van der Waals surface area contributed by atoms with Gasteiger partial charge in [-0.25, -0.2) is 4.57 Å². The first-order valence-electron chi connectivity index (χ1n) is 14.6. The molecular weight excluding hydrogens is 457 g/mol. The van der Waals surface area contributed by atoms with Crippen LogP contribution in [0.15, 0.2) is 30.6 Å². The number of nitrogens with zero attached hydrogens (tertiary/aromatic N) is 1. The number of aryl methyl sites for hydroxylation is 1. The normalized spacial score (nSPS) is 11.3. The summed E-state index contributed by atoms with van der Waals surface area (Å²) in [7, 11) is -4.00. The van der Waals surface area contributed by atoms with Gasteiger partial charge in [0, 0.05) is 18.6 Å². The van der Waals surface area contributed by atoms with Crippen molar-refractivity contribution in [1.29, 1.82) is 0 Å². The number of pyridine rings is 1. The highest BCUT2D eigenvalue weighted by Gasteiger charge is 2.07. The van der Waals surface area contributed by atoms with E-state index in [1.165, 1.54) is 96.4 Å². The molecule has 0 atom stereocenters. The molecule has 0 aliphatic carbocycles. The van der Waals surface area contributed by atoms with Crippen LogP contribution in [0.1, 0.15) is 136 Å². The van der Waals surface area contributed by atoms with E-state index in [1.54, 1.807) is 0 Å². The summed E-state index contributed by atoms with van der Waals surface area (Å²) in [6, 6.07) is 6.31. The summed E-state index contributed by atoms with van der Waals surface area (Å²) in [6.45, 7) is 7.86. The van der Waals surface area contributed by atoms with Gasteiger partial charge in [-0.3, -0.25) is 4.57 Å². The number of aromatic nitrogens is 1. The first-order valence-corrected chi connectivity index (χ1v) is 16.1. The number of rotatable bonds is 23. The van der Waals surface area contributed by atoms with E-state index < -0.39 is 7.82 Å². The molecule has 1 heterocycles. The zero-order valence-electron chi connectivity index (χ0n) is 23.3. The predicted molar refractivity (Wildman–Crippen MR) is 146 cm³/mol. The Balaban J connectivity index is 0.000000761. The molecule has 0 fully saturated rings. The number of hydrogen-bond acceptors (Lipinski definition) is 4. The molecule has 0 unspecified atom stereocenters. The van der Waals surface area contributed by atoms with E-state index in [4.69, 9.17) is 0 Å². The molecule has 0 aliphatic rings. The van der Waals surface area contributed by atoms with E-state index in [0.717, 1.165) is 25.7 Å². The Bertz CT molecular complexity index is 571. The number of hydrogen-bond donors (Lipinski definition) is 0. The number of phosphoric ester groups is 1. The minimum absolute atomic E-state index is 0.226. The summed E-state index contributed by atoms with van der Waals surface area (Å²) in [6.07, 6.45) is 27.7. The lowest BCUT2D eigenvalue weighted by atomic mass is 10.0. The maximum Gasteiger partial charge on any atom is 0.267 e. The van der Waals surface area contributed by atoms with Crippen LogP contribution in [0.5, 0.6) is 0 Å². The minimum atomic E-state index is -4.00. The largest absolute Gasteiger partial charge is 0.756 e. The van der Waals surface area contributed by atoms with E-state index in [9.17, 15) is 9.46 Å². The molecule has 0 aromatic carbocycles. The molecule has 0 bridgehead atoms. The molecule has 1 aromatic rings. The van der Waals surface area contributed by atoms with Gasteiger partial charge < -0.3 is 13.9 Å². The lowest BCUT2D eigenvalue weighted by Crippen LogP contribution is -2.32. The SMILES string of the molecule is CCCCCCCCCCCCCCCC[n+]1ccccc1.CCCCOP(=O)([O-])OCCCC. The molecule has 1 aromatic heterocycles. The molecule has 35 heavy (non-hydrogen) atoms. The minimum Gasteiger partial charge on any atom is -0.756 e. The highest BCUT2D eigenvalue weighted by atomic mass is 31.2. The summed E-state index contributed by atoms with van der Waals surface area (Å²) < 4.78 is 22.4. The van der Waals surface area contributed by atoms with Crippen molar-refractivity contribution < 1.29 is 23.1 Å². The van der Waals surface area contributed by atoms with Crippen LogP contribution in [0.2, 0.25) is 0 Å². The van der Waals surface area contributed by atoms with Gasteiger partial charge in [-0.05, 0) is 19.3 Å². The quantitative estimate of drug-likeness (QED) is 0.0835.